The first-order valence-electron chi connectivity index (χ1n) is 4.64. The Kier molecular flexibility index (Phi) is 3.47. The van der Waals surface area contributed by atoms with E-state index in [1.54, 1.807) is 11.3 Å². The molecule has 0 aliphatic carbocycles. The largest absolute Gasteiger partial charge is 0.480 e. The predicted molar refractivity (Wildman–Crippen MR) is 64.8 cm³/mol. The molecule has 1 atom stereocenters. The number of nitrogens with two attached hydrogens (primary N) is 1. The average Bonchev–Trinajstić information content (AvgIpc) is 2.77. The van der Waals surface area contributed by atoms with Crippen LogP contribution in [0, 0.1) is 0 Å². The van der Waals surface area contributed by atoms with Crippen molar-refractivity contribution in [3.63, 3.8) is 0 Å². The Balaban J connectivity index is 1.86. The van der Waals surface area contributed by atoms with E-state index in [0.717, 1.165) is 10.7 Å². The van der Waals surface area contributed by atoms with Crippen LogP contribution >= 0.6 is 23.1 Å². The second kappa shape index (κ2) is 4.86. The minimum Gasteiger partial charge on any atom is -0.480 e. The summed E-state index contributed by atoms with van der Waals surface area (Å²) in [7, 11) is 0. The van der Waals surface area contributed by atoms with E-state index in [1.165, 1.54) is 11.8 Å². The molecule has 0 unspecified atom stereocenters. The van der Waals surface area contributed by atoms with Gasteiger partial charge in [-0.25, -0.2) is 4.98 Å². The van der Waals surface area contributed by atoms with Gasteiger partial charge in [0, 0.05) is 29.3 Å². The molecule has 3 N–H and O–H groups in total. The maximum atomic E-state index is 10.5. The van der Waals surface area contributed by atoms with Crippen LogP contribution in [-0.2, 0) is 10.5 Å². The molecule has 7 heteroatoms. The summed E-state index contributed by atoms with van der Waals surface area (Å²) in [4.78, 5) is 15.8. The van der Waals surface area contributed by atoms with Gasteiger partial charge in [0.1, 0.15) is 6.04 Å². The van der Waals surface area contributed by atoms with Crippen molar-refractivity contribution < 1.29 is 9.90 Å². The van der Waals surface area contributed by atoms with Crippen molar-refractivity contribution >= 4 is 34.0 Å². The quantitative estimate of drug-likeness (QED) is 0.836. The molecule has 2 aromatic heterocycles. The third kappa shape index (κ3) is 2.55. The molecule has 2 rings (SSSR count). The van der Waals surface area contributed by atoms with Gasteiger partial charge in [0.15, 0.2) is 4.96 Å². The van der Waals surface area contributed by atoms with Crippen molar-refractivity contribution in [3.05, 3.63) is 23.5 Å². The summed E-state index contributed by atoms with van der Waals surface area (Å²) < 4.78 is 1.96. The lowest BCUT2D eigenvalue weighted by atomic mass is 10.4. The molecule has 0 aromatic carbocycles. The van der Waals surface area contributed by atoms with E-state index in [9.17, 15) is 4.79 Å². The Hall–Kier alpha value is -1.05. The number of hydrogen-bond acceptors (Lipinski definition) is 5. The van der Waals surface area contributed by atoms with Gasteiger partial charge in [0.2, 0.25) is 0 Å². The van der Waals surface area contributed by atoms with Gasteiger partial charge in [-0.05, 0) is 0 Å². The van der Waals surface area contributed by atoms with Crippen molar-refractivity contribution in [2.24, 2.45) is 5.73 Å². The number of carbonyl (C=O) groups is 1. The third-order valence-electron chi connectivity index (χ3n) is 2.01. The first-order chi connectivity index (χ1) is 7.66. The minimum atomic E-state index is -0.960. The molecule has 16 heavy (non-hydrogen) atoms. The second-order valence-corrected chi connectivity index (χ2v) is 5.19. The molecule has 0 saturated carbocycles. The fourth-order valence-corrected chi connectivity index (χ4v) is 2.79. The highest BCUT2D eigenvalue weighted by Crippen LogP contribution is 2.16. The summed E-state index contributed by atoms with van der Waals surface area (Å²) in [6.07, 6.45) is 3.90. The highest BCUT2D eigenvalue weighted by atomic mass is 32.2. The van der Waals surface area contributed by atoms with Crippen LogP contribution in [-0.4, -0.2) is 32.3 Å². The van der Waals surface area contributed by atoms with Gasteiger partial charge in [-0.1, -0.05) is 0 Å². The zero-order chi connectivity index (χ0) is 11.5. The maximum Gasteiger partial charge on any atom is 0.321 e. The van der Waals surface area contributed by atoms with Crippen LogP contribution in [0.25, 0.3) is 4.96 Å². The number of imidazole rings is 1. The molecule has 0 radical (unpaired) electrons. The fourth-order valence-electron chi connectivity index (χ4n) is 1.21. The highest BCUT2D eigenvalue weighted by molar-refractivity contribution is 7.98. The van der Waals surface area contributed by atoms with E-state index in [4.69, 9.17) is 10.8 Å². The summed E-state index contributed by atoms with van der Waals surface area (Å²) >= 11 is 3.06. The standard InChI is InChI=1S/C9H11N3O2S2/c10-7(8(13)14)5-15-4-6-3-12-1-2-16-9(12)11-6/h1-3,7H,4-5,10H2,(H,13,14)/t7-/m0/s1. The lowest BCUT2D eigenvalue weighted by Crippen LogP contribution is -2.32. The summed E-state index contributed by atoms with van der Waals surface area (Å²) in [5.41, 5.74) is 6.34. The zero-order valence-corrected chi connectivity index (χ0v) is 10.0. The van der Waals surface area contributed by atoms with Gasteiger partial charge >= 0.3 is 5.97 Å². The molecule has 2 heterocycles. The van der Waals surface area contributed by atoms with Gasteiger partial charge in [0.25, 0.3) is 0 Å². The van der Waals surface area contributed by atoms with Crippen LogP contribution in [0.1, 0.15) is 5.69 Å². The molecule has 0 aliphatic rings. The predicted octanol–water partition coefficient (Wildman–Crippen LogP) is 1.04. The molecule has 0 bridgehead atoms. The van der Waals surface area contributed by atoms with Crippen LogP contribution in [0.5, 0.6) is 0 Å². The van der Waals surface area contributed by atoms with E-state index in [-0.39, 0.29) is 0 Å². The zero-order valence-electron chi connectivity index (χ0n) is 8.37. The van der Waals surface area contributed by atoms with Crippen LogP contribution < -0.4 is 5.73 Å². The Morgan fingerprint density at radius 1 is 1.75 bits per heavy atom. The van der Waals surface area contributed by atoms with E-state index in [0.29, 0.717) is 11.5 Å². The Labute approximate surface area is 100 Å². The van der Waals surface area contributed by atoms with E-state index >= 15 is 0 Å². The molecule has 0 fully saturated rings. The maximum absolute atomic E-state index is 10.5. The topological polar surface area (TPSA) is 80.6 Å². The first kappa shape index (κ1) is 11.4. The fraction of sp³-hybridized carbons (Fsp3) is 0.333. The number of thioether (sulfide) groups is 1. The molecule has 0 saturated heterocycles. The summed E-state index contributed by atoms with van der Waals surface area (Å²) in [5, 5.41) is 10.6. The van der Waals surface area contributed by atoms with Crippen molar-refractivity contribution in [3.8, 4) is 0 Å². The van der Waals surface area contributed by atoms with Crippen molar-refractivity contribution in [2.75, 3.05) is 5.75 Å². The van der Waals surface area contributed by atoms with Gasteiger partial charge in [-0.2, -0.15) is 11.8 Å². The molecular weight excluding hydrogens is 246 g/mol. The van der Waals surface area contributed by atoms with Gasteiger partial charge in [0.05, 0.1) is 5.69 Å². The smallest absolute Gasteiger partial charge is 0.321 e. The lowest BCUT2D eigenvalue weighted by Gasteiger charge is -2.03. The number of thiazole rings is 1. The second-order valence-electron chi connectivity index (χ2n) is 3.28. The van der Waals surface area contributed by atoms with Gasteiger partial charge in [-0.15, -0.1) is 11.3 Å². The van der Waals surface area contributed by atoms with Crippen LogP contribution in [0.2, 0.25) is 0 Å². The number of aliphatic carboxylic acids is 1. The molecular formula is C9H11N3O2S2. The molecule has 5 nitrogen and oxygen atoms in total. The lowest BCUT2D eigenvalue weighted by molar-refractivity contribution is -0.137. The minimum absolute atomic E-state index is 0.403. The number of rotatable bonds is 5. The highest BCUT2D eigenvalue weighted by Gasteiger charge is 2.11. The van der Waals surface area contributed by atoms with E-state index in [1.807, 2.05) is 22.2 Å². The number of nitrogens with zero attached hydrogens (tertiary/aromatic N) is 2. The Morgan fingerprint density at radius 2 is 2.56 bits per heavy atom. The molecule has 2 aromatic rings. The monoisotopic (exact) mass is 257 g/mol. The number of fused-ring (bicyclic) bond motifs is 1. The van der Waals surface area contributed by atoms with E-state index < -0.39 is 12.0 Å². The molecule has 0 aliphatic heterocycles. The summed E-state index contributed by atoms with van der Waals surface area (Å²) in [6.45, 7) is 0. The average molecular weight is 257 g/mol. The Morgan fingerprint density at radius 3 is 3.25 bits per heavy atom. The first-order valence-corrected chi connectivity index (χ1v) is 6.67. The number of hydrogen-bond donors (Lipinski definition) is 2. The SMILES string of the molecule is N[C@@H](CSCc1cn2ccsc2n1)C(=O)O. The molecule has 0 amide bonds. The number of carboxylic acids is 1. The van der Waals surface area contributed by atoms with Crippen LogP contribution in [0.3, 0.4) is 0 Å². The molecule has 86 valence electrons. The molecule has 0 spiro atoms. The number of carboxylic acid groups (broad SMARTS) is 1. The van der Waals surface area contributed by atoms with E-state index in [2.05, 4.69) is 4.98 Å². The third-order valence-corrected chi connectivity index (χ3v) is 3.87. The van der Waals surface area contributed by atoms with Gasteiger partial charge < -0.3 is 10.8 Å². The number of aromatic nitrogens is 2. The summed E-state index contributed by atoms with van der Waals surface area (Å²) in [5.74, 6) is 0.133. The van der Waals surface area contributed by atoms with Crippen molar-refractivity contribution in [2.45, 2.75) is 11.8 Å². The van der Waals surface area contributed by atoms with Crippen LogP contribution in [0.15, 0.2) is 17.8 Å². The van der Waals surface area contributed by atoms with Crippen LogP contribution in [0.4, 0.5) is 0 Å². The van der Waals surface area contributed by atoms with Gasteiger partial charge in [-0.3, -0.25) is 9.20 Å². The Bertz CT molecular complexity index is 465. The van der Waals surface area contributed by atoms with Crippen molar-refractivity contribution in [1.29, 1.82) is 0 Å². The summed E-state index contributed by atoms with van der Waals surface area (Å²) in [6, 6.07) is -0.797. The van der Waals surface area contributed by atoms with Crippen molar-refractivity contribution in [1.82, 2.24) is 9.38 Å². The normalized spacial score (nSPS) is 13.1.